The summed E-state index contributed by atoms with van der Waals surface area (Å²) in [5.41, 5.74) is 0. The van der Waals surface area contributed by atoms with Gasteiger partial charge in [0.15, 0.2) is 0 Å². The van der Waals surface area contributed by atoms with Crippen LogP contribution in [-0.4, -0.2) is 22.3 Å². The third-order valence-corrected chi connectivity index (χ3v) is 3.25. The largest absolute Gasteiger partial charge is 0.354 e. The van der Waals surface area contributed by atoms with Crippen LogP contribution in [0.15, 0.2) is 11.2 Å². The van der Waals surface area contributed by atoms with Gasteiger partial charge in [-0.25, -0.2) is 9.97 Å². The van der Waals surface area contributed by atoms with E-state index in [1.165, 1.54) is 12.8 Å². The van der Waals surface area contributed by atoms with Crippen molar-refractivity contribution in [2.75, 3.05) is 17.6 Å². The Balaban J connectivity index is 2.63. The van der Waals surface area contributed by atoms with Crippen LogP contribution in [0.25, 0.3) is 0 Å². The lowest BCUT2D eigenvalue weighted by Crippen LogP contribution is -2.02. The average Bonchev–Trinajstić information content (AvgIpc) is 2.23. The molecule has 1 rings (SSSR count). The maximum absolute atomic E-state index is 6.00. The smallest absolute Gasteiger partial charge is 0.223 e. The van der Waals surface area contributed by atoms with Crippen LogP contribution in [-0.2, 0) is 0 Å². The first-order valence-electron chi connectivity index (χ1n) is 5.17. The van der Waals surface area contributed by atoms with Gasteiger partial charge in [0.25, 0.3) is 0 Å². The molecule has 0 fully saturated rings. The summed E-state index contributed by atoms with van der Waals surface area (Å²) in [6, 6.07) is 0. The van der Waals surface area contributed by atoms with Crippen LogP contribution < -0.4 is 5.32 Å². The molecule has 0 amide bonds. The van der Waals surface area contributed by atoms with Gasteiger partial charge in [0, 0.05) is 6.54 Å². The molecule has 0 unspecified atom stereocenters. The number of rotatable bonds is 6. The molecule has 1 aromatic heterocycles. The first-order valence-corrected chi connectivity index (χ1v) is 6.53. The molecule has 0 aromatic carbocycles. The topological polar surface area (TPSA) is 37.8 Å². The molecule has 0 spiro atoms. The number of thioether (sulfide) groups is 1. The highest BCUT2D eigenvalue weighted by Crippen LogP contribution is 2.25. The van der Waals surface area contributed by atoms with Crippen molar-refractivity contribution in [1.82, 2.24) is 9.97 Å². The average molecular weight is 246 g/mol. The fraction of sp³-hybridized carbons (Fsp3) is 0.600. The summed E-state index contributed by atoms with van der Waals surface area (Å²) in [6.07, 6.45) is 4.03. The van der Waals surface area contributed by atoms with E-state index in [0.717, 1.165) is 17.3 Å². The minimum Gasteiger partial charge on any atom is -0.354 e. The Morgan fingerprint density at radius 1 is 1.47 bits per heavy atom. The van der Waals surface area contributed by atoms with Crippen molar-refractivity contribution >= 4 is 29.3 Å². The second-order valence-corrected chi connectivity index (χ2v) is 4.57. The zero-order valence-corrected chi connectivity index (χ0v) is 10.7. The molecule has 0 radical (unpaired) electrons. The van der Waals surface area contributed by atoms with Crippen molar-refractivity contribution in [2.45, 2.75) is 31.7 Å². The van der Waals surface area contributed by atoms with Crippen LogP contribution in [0.1, 0.15) is 26.7 Å². The highest BCUT2D eigenvalue weighted by Gasteiger charge is 2.04. The molecular formula is C10H16ClN3S. The molecule has 3 nitrogen and oxygen atoms in total. The van der Waals surface area contributed by atoms with Crippen LogP contribution in [0.5, 0.6) is 0 Å². The number of anilines is 1. The van der Waals surface area contributed by atoms with E-state index < -0.39 is 0 Å². The third kappa shape index (κ3) is 4.26. The number of hydrogen-bond acceptors (Lipinski definition) is 4. The van der Waals surface area contributed by atoms with Crippen molar-refractivity contribution in [1.29, 1.82) is 0 Å². The lowest BCUT2D eigenvalue weighted by atomic mass is 10.4. The molecule has 84 valence electrons. The van der Waals surface area contributed by atoms with Gasteiger partial charge in [0.2, 0.25) is 5.95 Å². The Morgan fingerprint density at radius 3 is 2.93 bits per heavy atom. The molecular weight excluding hydrogens is 230 g/mol. The predicted octanol–water partition coefficient (Wildman–Crippen LogP) is 3.45. The van der Waals surface area contributed by atoms with Gasteiger partial charge < -0.3 is 5.32 Å². The van der Waals surface area contributed by atoms with E-state index in [9.17, 15) is 0 Å². The van der Waals surface area contributed by atoms with Crippen molar-refractivity contribution in [3.8, 4) is 0 Å². The molecule has 0 atom stereocenters. The Morgan fingerprint density at radius 2 is 2.27 bits per heavy atom. The normalized spacial score (nSPS) is 10.3. The van der Waals surface area contributed by atoms with Crippen LogP contribution in [0.2, 0.25) is 5.02 Å². The van der Waals surface area contributed by atoms with Gasteiger partial charge >= 0.3 is 0 Å². The van der Waals surface area contributed by atoms with Gasteiger partial charge in [0.05, 0.1) is 11.2 Å². The molecule has 0 aliphatic carbocycles. The molecule has 0 saturated carbocycles. The molecule has 0 aliphatic rings. The lowest BCUT2D eigenvalue weighted by Gasteiger charge is -2.05. The van der Waals surface area contributed by atoms with E-state index in [1.54, 1.807) is 18.0 Å². The number of nitrogens with zero attached hydrogens (tertiary/aromatic N) is 2. The lowest BCUT2D eigenvalue weighted by molar-refractivity contribution is 0.893. The first-order chi connectivity index (χ1) is 7.27. The number of unbranched alkanes of at least 4 members (excludes halogenated alkanes) is 1. The van der Waals surface area contributed by atoms with Gasteiger partial charge in [0.1, 0.15) is 5.03 Å². The first kappa shape index (κ1) is 12.6. The molecule has 0 bridgehead atoms. The van der Waals surface area contributed by atoms with E-state index in [1.807, 2.05) is 6.92 Å². The maximum Gasteiger partial charge on any atom is 0.223 e. The van der Waals surface area contributed by atoms with Crippen molar-refractivity contribution in [3.63, 3.8) is 0 Å². The number of hydrogen-bond donors (Lipinski definition) is 1. The Bertz CT molecular complexity index is 307. The third-order valence-electron chi connectivity index (χ3n) is 1.78. The highest BCUT2D eigenvalue weighted by atomic mass is 35.5. The molecule has 15 heavy (non-hydrogen) atoms. The van der Waals surface area contributed by atoms with Crippen LogP contribution in [0, 0.1) is 0 Å². The summed E-state index contributed by atoms with van der Waals surface area (Å²) in [5, 5.41) is 4.58. The van der Waals surface area contributed by atoms with Crippen LogP contribution >= 0.6 is 23.4 Å². The van der Waals surface area contributed by atoms with Crippen molar-refractivity contribution in [2.24, 2.45) is 0 Å². The maximum atomic E-state index is 6.00. The van der Waals surface area contributed by atoms with E-state index in [2.05, 4.69) is 22.2 Å². The Hall–Kier alpha value is -0.480. The number of nitrogens with one attached hydrogen (secondary N) is 1. The predicted molar refractivity (Wildman–Crippen MR) is 66.8 cm³/mol. The Kier molecular flexibility index (Phi) is 5.79. The quantitative estimate of drug-likeness (QED) is 0.473. The van der Waals surface area contributed by atoms with E-state index in [0.29, 0.717) is 11.0 Å². The standard InChI is InChI=1S/C10H16ClN3S/c1-3-5-6-15-9-8(11)7-13-10(14-9)12-4-2/h7H,3-6H2,1-2H3,(H,12,13,14). The Labute approximate surface area is 100 Å². The highest BCUT2D eigenvalue weighted by molar-refractivity contribution is 7.99. The van der Waals surface area contributed by atoms with Gasteiger partial charge in [-0.2, -0.15) is 0 Å². The fourth-order valence-corrected chi connectivity index (χ4v) is 2.23. The van der Waals surface area contributed by atoms with Gasteiger partial charge in [-0.3, -0.25) is 0 Å². The molecule has 1 aromatic rings. The van der Waals surface area contributed by atoms with Gasteiger partial charge in [-0.1, -0.05) is 24.9 Å². The number of halogens is 1. The van der Waals surface area contributed by atoms with Crippen molar-refractivity contribution < 1.29 is 0 Å². The van der Waals surface area contributed by atoms with Crippen LogP contribution in [0.3, 0.4) is 0 Å². The van der Waals surface area contributed by atoms with E-state index in [-0.39, 0.29) is 0 Å². The SMILES string of the molecule is CCCCSc1nc(NCC)ncc1Cl. The second kappa shape index (κ2) is 6.90. The summed E-state index contributed by atoms with van der Waals surface area (Å²) >= 11 is 7.69. The van der Waals surface area contributed by atoms with Gasteiger partial charge in [-0.15, -0.1) is 11.8 Å². The summed E-state index contributed by atoms with van der Waals surface area (Å²) < 4.78 is 0. The minimum absolute atomic E-state index is 0.637. The minimum atomic E-state index is 0.637. The monoisotopic (exact) mass is 245 g/mol. The number of aromatic nitrogens is 2. The summed E-state index contributed by atoms with van der Waals surface area (Å²) in [5.74, 6) is 1.71. The van der Waals surface area contributed by atoms with Crippen molar-refractivity contribution in [3.05, 3.63) is 11.2 Å². The van der Waals surface area contributed by atoms with Gasteiger partial charge in [-0.05, 0) is 19.1 Å². The molecule has 1 heterocycles. The fourth-order valence-electron chi connectivity index (χ4n) is 1.01. The zero-order chi connectivity index (χ0) is 11.1. The molecule has 0 aliphatic heterocycles. The van der Waals surface area contributed by atoms with Crippen LogP contribution in [0.4, 0.5) is 5.95 Å². The molecule has 0 saturated heterocycles. The van der Waals surface area contributed by atoms with E-state index >= 15 is 0 Å². The molecule has 5 heteroatoms. The van der Waals surface area contributed by atoms with E-state index in [4.69, 9.17) is 11.6 Å². The summed E-state index contributed by atoms with van der Waals surface area (Å²) in [6.45, 7) is 5.01. The second-order valence-electron chi connectivity index (χ2n) is 3.08. The zero-order valence-electron chi connectivity index (χ0n) is 9.09. The summed E-state index contributed by atoms with van der Waals surface area (Å²) in [7, 11) is 0. The molecule has 1 N–H and O–H groups in total. The summed E-state index contributed by atoms with van der Waals surface area (Å²) in [4.78, 5) is 8.43.